The van der Waals surface area contributed by atoms with Gasteiger partial charge in [-0.25, -0.2) is 8.78 Å². The van der Waals surface area contributed by atoms with Crippen molar-refractivity contribution in [3.63, 3.8) is 0 Å². The fraction of sp³-hybridized carbons (Fsp3) is 0.538. The van der Waals surface area contributed by atoms with Crippen LogP contribution in [-0.2, 0) is 0 Å². The lowest BCUT2D eigenvalue weighted by atomic mass is 9.91. The molecular weight excluding hydrogens is 240 g/mol. The highest BCUT2D eigenvalue weighted by Crippen LogP contribution is 2.38. The zero-order chi connectivity index (χ0) is 12.4. The molecule has 1 saturated carbocycles. The van der Waals surface area contributed by atoms with E-state index >= 15 is 0 Å². The van der Waals surface area contributed by atoms with E-state index in [4.69, 9.17) is 5.73 Å². The molecule has 0 spiro atoms. The van der Waals surface area contributed by atoms with Crippen LogP contribution in [0.5, 0.6) is 0 Å². The van der Waals surface area contributed by atoms with E-state index in [1.165, 1.54) is 23.9 Å². The predicted molar refractivity (Wildman–Crippen MR) is 68.0 cm³/mol. The van der Waals surface area contributed by atoms with Gasteiger partial charge in [0.1, 0.15) is 11.6 Å². The molecule has 0 heterocycles. The standard InChI is InChI=1S/C13H17F2NS/c1-8-2-4-10(5-3-8)17-13-11(14)6-9(16)7-12(13)15/h6-8,10H,2-5,16H2,1H3. The Morgan fingerprint density at radius 2 is 1.65 bits per heavy atom. The summed E-state index contributed by atoms with van der Waals surface area (Å²) in [6.45, 7) is 2.23. The molecule has 4 heteroatoms. The maximum atomic E-state index is 13.6. The van der Waals surface area contributed by atoms with Gasteiger partial charge in [-0.1, -0.05) is 6.92 Å². The molecular formula is C13H17F2NS. The molecule has 17 heavy (non-hydrogen) atoms. The van der Waals surface area contributed by atoms with Crippen LogP contribution in [0.2, 0.25) is 0 Å². The topological polar surface area (TPSA) is 26.0 Å². The van der Waals surface area contributed by atoms with Crippen LogP contribution >= 0.6 is 11.8 Å². The molecule has 0 unspecified atom stereocenters. The summed E-state index contributed by atoms with van der Waals surface area (Å²) in [6, 6.07) is 2.38. The van der Waals surface area contributed by atoms with Gasteiger partial charge in [0.2, 0.25) is 0 Å². The summed E-state index contributed by atoms with van der Waals surface area (Å²) in [6.07, 6.45) is 4.37. The second-order valence-corrected chi connectivity index (χ2v) is 6.12. The molecule has 1 nitrogen and oxygen atoms in total. The van der Waals surface area contributed by atoms with Gasteiger partial charge in [-0.05, 0) is 43.7 Å². The van der Waals surface area contributed by atoms with Crippen molar-refractivity contribution in [3.8, 4) is 0 Å². The third-order valence-electron chi connectivity index (χ3n) is 3.27. The Hall–Kier alpha value is -0.770. The fourth-order valence-corrected chi connectivity index (χ4v) is 3.39. The number of anilines is 1. The molecule has 0 atom stereocenters. The van der Waals surface area contributed by atoms with Gasteiger partial charge in [-0.15, -0.1) is 11.8 Å². The zero-order valence-electron chi connectivity index (χ0n) is 9.88. The molecule has 1 aromatic rings. The summed E-state index contributed by atoms with van der Waals surface area (Å²) in [7, 11) is 0. The van der Waals surface area contributed by atoms with Gasteiger partial charge in [0.05, 0.1) is 4.90 Å². The average Bonchev–Trinajstić information content (AvgIpc) is 2.26. The Morgan fingerprint density at radius 1 is 1.12 bits per heavy atom. The lowest BCUT2D eigenvalue weighted by Crippen LogP contribution is -2.14. The summed E-state index contributed by atoms with van der Waals surface area (Å²) in [5.74, 6) is -0.329. The number of rotatable bonds is 2. The molecule has 0 amide bonds. The van der Waals surface area contributed by atoms with E-state index in [1.54, 1.807) is 0 Å². The number of benzene rings is 1. The number of hydrogen-bond donors (Lipinski definition) is 1. The molecule has 1 aliphatic carbocycles. The number of nitrogens with two attached hydrogens (primary N) is 1. The summed E-state index contributed by atoms with van der Waals surface area (Å²) < 4.78 is 27.2. The lowest BCUT2D eigenvalue weighted by molar-refractivity contribution is 0.392. The maximum Gasteiger partial charge on any atom is 0.141 e. The fourth-order valence-electron chi connectivity index (χ4n) is 2.21. The van der Waals surface area contributed by atoms with E-state index in [-0.39, 0.29) is 10.6 Å². The molecule has 0 aromatic heterocycles. The Bertz CT molecular complexity index is 377. The van der Waals surface area contributed by atoms with E-state index in [0.29, 0.717) is 5.25 Å². The van der Waals surface area contributed by atoms with E-state index < -0.39 is 11.6 Å². The molecule has 2 rings (SSSR count). The minimum Gasteiger partial charge on any atom is -0.399 e. The van der Waals surface area contributed by atoms with Crippen LogP contribution in [0.15, 0.2) is 17.0 Å². The van der Waals surface area contributed by atoms with Crippen LogP contribution in [0.3, 0.4) is 0 Å². The summed E-state index contributed by atoms with van der Waals surface area (Å²) in [4.78, 5) is 0.124. The van der Waals surface area contributed by atoms with Gasteiger partial charge in [-0.2, -0.15) is 0 Å². The first kappa shape index (κ1) is 12.7. The quantitative estimate of drug-likeness (QED) is 0.803. The van der Waals surface area contributed by atoms with Crippen molar-refractivity contribution in [3.05, 3.63) is 23.8 Å². The summed E-state index contributed by atoms with van der Waals surface area (Å²) in [5.41, 5.74) is 5.53. The number of nitrogen functional groups attached to an aromatic ring is 1. The van der Waals surface area contributed by atoms with E-state index in [1.807, 2.05) is 0 Å². The van der Waals surface area contributed by atoms with Gasteiger partial charge in [-0.3, -0.25) is 0 Å². The highest BCUT2D eigenvalue weighted by Gasteiger charge is 2.22. The van der Waals surface area contributed by atoms with Gasteiger partial charge in [0, 0.05) is 10.9 Å². The SMILES string of the molecule is CC1CCC(Sc2c(F)cc(N)cc2F)CC1. The Kier molecular flexibility index (Phi) is 3.92. The van der Waals surface area contributed by atoms with Crippen molar-refractivity contribution >= 4 is 17.4 Å². The van der Waals surface area contributed by atoms with E-state index in [0.717, 1.165) is 31.6 Å². The normalized spacial score (nSPS) is 24.9. The van der Waals surface area contributed by atoms with Gasteiger partial charge in [0.25, 0.3) is 0 Å². The van der Waals surface area contributed by atoms with Crippen LogP contribution < -0.4 is 5.73 Å². The van der Waals surface area contributed by atoms with Crippen molar-refractivity contribution < 1.29 is 8.78 Å². The predicted octanol–water partition coefficient (Wildman–Crippen LogP) is 4.22. The van der Waals surface area contributed by atoms with Crippen LogP contribution in [0.1, 0.15) is 32.6 Å². The molecule has 0 aliphatic heterocycles. The Labute approximate surface area is 105 Å². The van der Waals surface area contributed by atoms with Crippen LogP contribution in [0.25, 0.3) is 0 Å². The number of hydrogen-bond acceptors (Lipinski definition) is 2. The van der Waals surface area contributed by atoms with E-state index in [9.17, 15) is 8.78 Å². The number of thioether (sulfide) groups is 1. The highest BCUT2D eigenvalue weighted by molar-refractivity contribution is 8.00. The van der Waals surface area contributed by atoms with Gasteiger partial charge in [0.15, 0.2) is 0 Å². The number of halogens is 2. The van der Waals surface area contributed by atoms with Crippen molar-refractivity contribution in [1.29, 1.82) is 0 Å². The molecule has 0 saturated heterocycles. The second-order valence-electron chi connectivity index (χ2n) is 4.81. The first-order chi connectivity index (χ1) is 8.06. The van der Waals surface area contributed by atoms with Crippen LogP contribution in [0.4, 0.5) is 14.5 Å². The molecule has 94 valence electrons. The van der Waals surface area contributed by atoms with Gasteiger partial charge >= 0.3 is 0 Å². The summed E-state index contributed by atoms with van der Waals surface area (Å²) in [5, 5.41) is 0.332. The third kappa shape index (κ3) is 3.12. The third-order valence-corrected chi connectivity index (χ3v) is 4.70. The van der Waals surface area contributed by atoms with Gasteiger partial charge < -0.3 is 5.73 Å². The lowest BCUT2D eigenvalue weighted by Gasteiger charge is -2.25. The maximum absolute atomic E-state index is 13.6. The van der Waals surface area contributed by atoms with Crippen molar-refractivity contribution in [2.24, 2.45) is 5.92 Å². The Balaban J connectivity index is 2.08. The molecule has 1 aromatic carbocycles. The first-order valence-electron chi connectivity index (χ1n) is 5.97. The van der Waals surface area contributed by atoms with E-state index in [2.05, 4.69) is 6.92 Å². The van der Waals surface area contributed by atoms with Crippen molar-refractivity contribution in [2.45, 2.75) is 42.8 Å². The monoisotopic (exact) mass is 257 g/mol. The summed E-state index contributed by atoms with van der Waals surface area (Å²) >= 11 is 1.32. The second kappa shape index (κ2) is 5.25. The largest absolute Gasteiger partial charge is 0.399 e. The average molecular weight is 257 g/mol. The minimum absolute atomic E-state index is 0.124. The smallest absolute Gasteiger partial charge is 0.141 e. The minimum atomic E-state index is -0.536. The molecule has 0 radical (unpaired) electrons. The van der Waals surface area contributed by atoms with Crippen molar-refractivity contribution in [1.82, 2.24) is 0 Å². The highest BCUT2D eigenvalue weighted by atomic mass is 32.2. The van der Waals surface area contributed by atoms with Crippen LogP contribution in [0, 0.1) is 17.6 Å². The van der Waals surface area contributed by atoms with Crippen molar-refractivity contribution in [2.75, 3.05) is 5.73 Å². The Morgan fingerprint density at radius 3 is 2.18 bits per heavy atom. The first-order valence-corrected chi connectivity index (χ1v) is 6.85. The zero-order valence-corrected chi connectivity index (χ0v) is 10.7. The molecule has 0 bridgehead atoms. The van der Waals surface area contributed by atoms with Crippen LogP contribution in [-0.4, -0.2) is 5.25 Å². The molecule has 2 N–H and O–H groups in total. The molecule has 1 fully saturated rings. The molecule has 1 aliphatic rings.